The Bertz CT molecular complexity index is 431. The number of carbonyl (C=O) groups is 1. The fraction of sp³-hybridized carbons (Fsp3) is 0.917. The topological polar surface area (TPSA) is 66.5 Å². The minimum atomic E-state index is -2.94. The van der Waals surface area contributed by atoms with Gasteiger partial charge in [-0.3, -0.25) is 9.80 Å². The molecule has 6 heteroatoms. The Morgan fingerprint density at radius 3 is 2.56 bits per heavy atom. The van der Waals surface area contributed by atoms with Gasteiger partial charge in [0.1, 0.15) is 6.04 Å². The Morgan fingerprint density at radius 2 is 2.00 bits per heavy atom. The van der Waals surface area contributed by atoms with Crippen molar-refractivity contribution in [3.8, 4) is 0 Å². The molecule has 3 fully saturated rings. The second kappa shape index (κ2) is 4.81. The second-order valence-corrected chi connectivity index (χ2v) is 7.71. The van der Waals surface area contributed by atoms with Gasteiger partial charge in [-0.05, 0) is 25.2 Å². The van der Waals surface area contributed by atoms with E-state index in [0.717, 1.165) is 12.8 Å². The van der Waals surface area contributed by atoms with Crippen molar-refractivity contribution in [2.24, 2.45) is 5.92 Å². The van der Waals surface area contributed by atoms with Crippen LogP contribution in [0.4, 0.5) is 0 Å². The van der Waals surface area contributed by atoms with E-state index in [-0.39, 0.29) is 36.9 Å². The highest BCUT2D eigenvalue weighted by atomic mass is 32.2. The minimum absolute atomic E-state index is 0. The van der Waals surface area contributed by atoms with Crippen molar-refractivity contribution < 1.29 is 13.2 Å². The van der Waals surface area contributed by atoms with Gasteiger partial charge in [-0.2, -0.15) is 0 Å². The van der Waals surface area contributed by atoms with Crippen LogP contribution in [0.5, 0.6) is 0 Å². The van der Waals surface area contributed by atoms with E-state index in [2.05, 4.69) is 5.43 Å². The summed E-state index contributed by atoms with van der Waals surface area (Å²) in [6.07, 6.45) is 4.88. The number of nitrogens with one attached hydrogen (secondary N) is 1. The predicted octanol–water partition coefficient (Wildman–Crippen LogP) is 0.715. The molecule has 1 amide bonds. The zero-order chi connectivity index (χ0) is 12.0. The molecular formula is C12H22N2O3S. The Kier molecular flexibility index (Phi) is 3.69. The summed E-state index contributed by atoms with van der Waals surface area (Å²) in [5, 5.41) is 1.56. The Balaban J connectivity index is 0.00000120. The van der Waals surface area contributed by atoms with Crippen molar-refractivity contribution in [2.75, 3.05) is 11.5 Å². The summed E-state index contributed by atoms with van der Waals surface area (Å²) in [7, 11) is -2.94. The van der Waals surface area contributed by atoms with Gasteiger partial charge in [0, 0.05) is 0 Å². The molecule has 0 radical (unpaired) electrons. The summed E-state index contributed by atoms with van der Waals surface area (Å²) in [6, 6.07) is -0.191. The minimum Gasteiger partial charge on any atom is -0.272 e. The zero-order valence-corrected chi connectivity index (χ0v) is 10.6. The number of hydrogen-bond acceptors (Lipinski definition) is 4. The lowest BCUT2D eigenvalue weighted by Crippen LogP contribution is -2.71. The summed E-state index contributed by atoms with van der Waals surface area (Å²) < 4.78 is 23.0. The first-order valence-corrected chi connectivity index (χ1v) is 8.17. The normalized spacial score (nSPS) is 34.7. The number of carbonyl (C=O) groups excluding carboxylic acids is 1. The number of hydrazine groups is 1. The molecule has 2 saturated heterocycles. The van der Waals surface area contributed by atoms with Crippen LogP contribution in [0.2, 0.25) is 0 Å². The van der Waals surface area contributed by atoms with Gasteiger partial charge in [-0.25, -0.2) is 13.8 Å². The quantitative estimate of drug-likeness (QED) is 0.823. The lowest BCUT2D eigenvalue weighted by Gasteiger charge is -2.45. The molecule has 2 heterocycles. The van der Waals surface area contributed by atoms with E-state index in [1.807, 2.05) is 0 Å². The molecule has 2 unspecified atom stereocenters. The third-order valence-electron chi connectivity index (χ3n) is 3.90. The highest BCUT2D eigenvalue weighted by Crippen LogP contribution is 2.35. The van der Waals surface area contributed by atoms with Crippen LogP contribution < -0.4 is 5.43 Å². The molecule has 18 heavy (non-hydrogen) atoms. The van der Waals surface area contributed by atoms with Crippen molar-refractivity contribution in [1.82, 2.24) is 10.4 Å². The number of amides is 1. The monoisotopic (exact) mass is 274 g/mol. The first-order valence-electron chi connectivity index (χ1n) is 6.35. The van der Waals surface area contributed by atoms with Gasteiger partial charge >= 0.3 is 0 Å². The molecule has 0 bridgehead atoms. The molecule has 3 rings (SSSR count). The first-order chi connectivity index (χ1) is 8.05. The van der Waals surface area contributed by atoms with E-state index < -0.39 is 9.84 Å². The number of hydrogen-bond donors (Lipinski definition) is 1. The van der Waals surface area contributed by atoms with Crippen molar-refractivity contribution in [3.05, 3.63) is 0 Å². The summed E-state index contributed by atoms with van der Waals surface area (Å²) in [4.78, 5) is 11.9. The lowest BCUT2D eigenvalue weighted by molar-refractivity contribution is -0.157. The predicted molar refractivity (Wildman–Crippen MR) is 69.5 cm³/mol. The Morgan fingerprint density at radius 1 is 1.28 bits per heavy atom. The smallest absolute Gasteiger partial charge is 0.255 e. The number of rotatable bonds is 3. The van der Waals surface area contributed by atoms with Crippen LogP contribution >= 0.6 is 0 Å². The molecule has 2 atom stereocenters. The Hall–Kier alpha value is -0.620. The van der Waals surface area contributed by atoms with Crippen molar-refractivity contribution in [2.45, 2.75) is 51.6 Å². The maximum Gasteiger partial charge on any atom is 0.255 e. The van der Waals surface area contributed by atoms with E-state index in [0.29, 0.717) is 12.3 Å². The van der Waals surface area contributed by atoms with Crippen molar-refractivity contribution >= 4 is 15.7 Å². The van der Waals surface area contributed by atoms with Gasteiger partial charge in [0.05, 0.1) is 17.5 Å². The summed E-state index contributed by atoms with van der Waals surface area (Å²) in [5.74, 6) is 1.21. The maximum absolute atomic E-state index is 11.9. The molecule has 1 N–H and O–H groups in total. The average Bonchev–Trinajstić information content (AvgIpc) is 3.05. The van der Waals surface area contributed by atoms with E-state index in [4.69, 9.17) is 0 Å². The van der Waals surface area contributed by atoms with Gasteiger partial charge in [0.2, 0.25) is 0 Å². The molecule has 0 aromatic carbocycles. The first kappa shape index (κ1) is 13.8. The zero-order valence-electron chi connectivity index (χ0n) is 9.76. The lowest BCUT2D eigenvalue weighted by atomic mass is 10.0. The highest BCUT2D eigenvalue weighted by molar-refractivity contribution is 7.91. The van der Waals surface area contributed by atoms with E-state index in [1.54, 1.807) is 5.01 Å². The molecule has 2 aliphatic heterocycles. The van der Waals surface area contributed by atoms with E-state index in [1.165, 1.54) is 12.8 Å². The van der Waals surface area contributed by atoms with Crippen molar-refractivity contribution in [1.29, 1.82) is 0 Å². The highest BCUT2D eigenvalue weighted by Gasteiger charge is 2.44. The summed E-state index contributed by atoms with van der Waals surface area (Å²) >= 11 is 0. The molecule has 104 valence electrons. The molecule has 1 aliphatic carbocycles. The third kappa shape index (κ3) is 2.69. The van der Waals surface area contributed by atoms with Crippen LogP contribution in [-0.4, -0.2) is 42.9 Å². The number of sulfone groups is 1. The second-order valence-electron chi connectivity index (χ2n) is 5.48. The largest absolute Gasteiger partial charge is 0.272 e. The van der Waals surface area contributed by atoms with Crippen LogP contribution in [0.15, 0.2) is 0 Å². The summed E-state index contributed by atoms with van der Waals surface area (Å²) in [5.41, 5.74) is 3.13. The average molecular weight is 274 g/mol. The molecule has 0 aromatic rings. The van der Waals surface area contributed by atoms with E-state index >= 15 is 0 Å². The molecule has 1 saturated carbocycles. The van der Waals surface area contributed by atoms with Gasteiger partial charge in [0.15, 0.2) is 9.84 Å². The van der Waals surface area contributed by atoms with Crippen molar-refractivity contribution in [3.63, 3.8) is 0 Å². The number of nitrogens with zero attached hydrogens (tertiary/aromatic N) is 1. The maximum atomic E-state index is 11.9. The molecule has 5 nitrogen and oxygen atoms in total. The Labute approximate surface area is 109 Å². The summed E-state index contributed by atoms with van der Waals surface area (Å²) in [6.45, 7) is 0. The molecule has 3 aliphatic rings. The molecule has 0 aromatic heterocycles. The molecule has 0 spiro atoms. The van der Waals surface area contributed by atoms with Crippen LogP contribution in [-0.2, 0) is 14.6 Å². The van der Waals surface area contributed by atoms with Crippen LogP contribution in [0.1, 0.15) is 39.5 Å². The third-order valence-corrected chi connectivity index (χ3v) is 5.70. The fourth-order valence-corrected chi connectivity index (χ4v) is 4.39. The molecular weight excluding hydrogens is 252 g/mol. The standard InChI is InChI=1S/C11H18N2O3S.CH4/c14-11-10(6-8-3-4-8)12-13(11)9-2-1-5-17(15,16)7-9;/h8-10,12H,1-7H2;1H4. The van der Waals surface area contributed by atoms with Gasteiger partial charge < -0.3 is 0 Å². The van der Waals surface area contributed by atoms with Crippen LogP contribution in [0.3, 0.4) is 0 Å². The fourth-order valence-electron chi connectivity index (χ4n) is 2.72. The van der Waals surface area contributed by atoms with Crippen LogP contribution in [0.25, 0.3) is 0 Å². The SMILES string of the molecule is C.O=C1C(CC2CC2)NN1C1CCCS(=O)(=O)C1. The van der Waals surface area contributed by atoms with Gasteiger partial charge in [0.25, 0.3) is 5.91 Å². The van der Waals surface area contributed by atoms with Crippen LogP contribution in [0, 0.1) is 5.92 Å². The van der Waals surface area contributed by atoms with Gasteiger partial charge in [-0.1, -0.05) is 20.3 Å². The van der Waals surface area contributed by atoms with Gasteiger partial charge in [-0.15, -0.1) is 0 Å². The van der Waals surface area contributed by atoms with E-state index in [9.17, 15) is 13.2 Å².